The van der Waals surface area contributed by atoms with E-state index in [2.05, 4.69) is 32.2 Å². The maximum Gasteiger partial charge on any atom is 0.258 e. The molecule has 5 nitrogen and oxygen atoms in total. The van der Waals surface area contributed by atoms with Crippen LogP contribution in [-0.2, 0) is 0 Å². The fourth-order valence-corrected chi connectivity index (χ4v) is 4.33. The molecular weight excluding hydrogens is 367 g/mol. The first-order valence-electron chi connectivity index (χ1n) is 10.3. The third kappa shape index (κ3) is 3.60. The molecule has 1 aliphatic carbocycles. The molecule has 2 fully saturated rings. The molecule has 3 aromatic rings. The van der Waals surface area contributed by atoms with Crippen LogP contribution >= 0.6 is 0 Å². The minimum atomic E-state index is -0.350. The zero-order valence-corrected chi connectivity index (χ0v) is 16.5. The molecule has 1 amide bonds. The zero-order chi connectivity index (χ0) is 20.0. The number of amides is 1. The number of benzene rings is 2. The Morgan fingerprint density at radius 3 is 2.48 bits per heavy atom. The Morgan fingerprint density at radius 1 is 1.07 bits per heavy atom. The number of aromatic nitrogens is 1. The van der Waals surface area contributed by atoms with Crippen LogP contribution in [-0.4, -0.2) is 48.0 Å². The van der Waals surface area contributed by atoms with Gasteiger partial charge in [0.2, 0.25) is 0 Å². The van der Waals surface area contributed by atoms with Crippen LogP contribution in [0, 0.1) is 12.7 Å². The van der Waals surface area contributed by atoms with Gasteiger partial charge < -0.3 is 15.2 Å². The summed E-state index contributed by atoms with van der Waals surface area (Å²) >= 11 is 0. The molecule has 29 heavy (non-hydrogen) atoms. The Morgan fingerprint density at radius 2 is 1.79 bits per heavy atom. The normalized spacial score (nSPS) is 17.7. The molecule has 2 heterocycles. The predicted molar refractivity (Wildman–Crippen MR) is 114 cm³/mol. The molecule has 2 N–H and O–H groups in total. The van der Waals surface area contributed by atoms with Gasteiger partial charge in [0, 0.05) is 60.2 Å². The van der Waals surface area contributed by atoms with E-state index in [-0.39, 0.29) is 11.7 Å². The quantitative estimate of drug-likeness (QED) is 0.701. The molecule has 2 aromatic carbocycles. The van der Waals surface area contributed by atoms with Gasteiger partial charge in [-0.05, 0) is 62.2 Å². The number of aryl methyl sites for hydroxylation is 1. The number of carbonyl (C=O) groups excluding carboxylic acids is 1. The van der Waals surface area contributed by atoms with Crippen LogP contribution in [0.3, 0.4) is 0 Å². The third-order valence-electron chi connectivity index (χ3n) is 6.04. The van der Waals surface area contributed by atoms with Crippen LogP contribution in [0.1, 0.15) is 28.9 Å². The number of piperazine rings is 1. The smallest absolute Gasteiger partial charge is 0.258 e. The number of nitrogens with one attached hydrogen (secondary N) is 2. The Kier molecular flexibility index (Phi) is 4.51. The van der Waals surface area contributed by atoms with Gasteiger partial charge in [-0.3, -0.25) is 9.69 Å². The van der Waals surface area contributed by atoms with Gasteiger partial charge in [-0.15, -0.1) is 0 Å². The van der Waals surface area contributed by atoms with Gasteiger partial charge in [0.1, 0.15) is 5.82 Å². The van der Waals surface area contributed by atoms with Crippen LogP contribution in [0.25, 0.3) is 10.9 Å². The lowest BCUT2D eigenvalue weighted by Crippen LogP contribution is -2.47. The van der Waals surface area contributed by atoms with E-state index < -0.39 is 0 Å². The highest BCUT2D eigenvalue weighted by Gasteiger charge is 2.31. The maximum absolute atomic E-state index is 13.7. The van der Waals surface area contributed by atoms with Crippen molar-refractivity contribution >= 4 is 28.2 Å². The number of anilines is 2. The molecule has 2 aliphatic rings. The molecule has 1 aliphatic heterocycles. The molecule has 0 unspecified atom stereocenters. The van der Waals surface area contributed by atoms with Crippen molar-refractivity contribution in [3.63, 3.8) is 0 Å². The Bertz CT molecular complexity index is 1050. The van der Waals surface area contributed by atoms with Gasteiger partial charge in [0.25, 0.3) is 5.91 Å². The van der Waals surface area contributed by atoms with Crippen molar-refractivity contribution in [2.75, 3.05) is 36.4 Å². The van der Waals surface area contributed by atoms with Crippen molar-refractivity contribution in [2.45, 2.75) is 25.8 Å². The Balaban J connectivity index is 1.28. The summed E-state index contributed by atoms with van der Waals surface area (Å²) in [6.45, 7) is 6.17. The first-order chi connectivity index (χ1) is 14.1. The van der Waals surface area contributed by atoms with Crippen LogP contribution in [0.5, 0.6) is 0 Å². The molecular formula is C23H25FN4O. The summed E-state index contributed by atoms with van der Waals surface area (Å²) in [6, 6.07) is 13.3. The van der Waals surface area contributed by atoms with Crippen molar-refractivity contribution in [1.82, 2.24) is 9.88 Å². The number of rotatable bonds is 4. The molecule has 0 spiro atoms. The lowest BCUT2D eigenvalue weighted by molar-refractivity contribution is 0.102. The molecule has 5 rings (SSSR count). The average Bonchev–Trinajstić information content (AvgIpc) is 3.51. The molecule has 0 bridgehead atoms. The summed E-state index contributed by atoms with van der Waals surface area (Å²) in [5.74, 6) is -0.582. The van der Waals surface area contributed by atoms with Crippen LogP contribution in [0.2, 0.25) is 0 Å². The minimum Gasteiger partial charge on any atom is -0.369 e. The Hall–Kier alpha value is -2.86. The van der Waals surface area contributed by atoms with E-state index in [0.29, 0.717) is 10.9 Å². The second kappa shape index (κ2) is 7.19. The van der Waals surface area contributed by atoms with Crippen molar-refractivity contribution in [1.29, 1.82) is 0 Å². The summed E-state index contributed by atoms with van der Waals surface area (Å²) < 4.78 is 13.7. The minimum absolute atomic E-state index is 0.231. The number of hydrogen-bond acceptors (Lipinski definition) is 3. The standard InChI is InChI=1S/C23H25FN4O/c1-15-22(20-14-16(24)2-9-21(20)25-15)23(29)26-17-3-5-18(6-4-17)27-10-12-28(13-11-27)19-7-8-19/h2-6,9,14,19,25H,7-8,10-13H2,1H3,(H,26,29). The number of fused-ring (bicyclic) bond motifs is 1. The van der Waals surface area contributed by atoms with Gasteiger partial charge in [-0.2, -0.15) is 0 Å². The topological polar surface area (TPSA) is 51.4 Å². The second-order valence-electron chi connectivity index (χ2n) is 8.07. The second-order valence-corrected chi connectivity index (χ2v) is 8.07. The largest absolute Gasteiger partial charge is 0.369 e. The van der Waals surface area contributed by atoms with E-state index in [9.17, 15) is 9.18 Å². The highest BCUT2D eigenvalue weighted by Crippen LogP contribution is 2.29. The van der Waals surface area contributed by atoms with Crippen LogP contribution in [0.15, 0.2) is 42.5 Å². The van der Waals surface area contributed by atoms with Gasteiger partial charge in [0.05, 0.1) is 5.56 Å². The lowest BCUT2D eigenvalue weighted by atomic mass is 10.1. The number of carbonyl (C=O) groups is 1. The number of nitrogens with zero attached hydrogens (tertiary/aromatic N) is 2. The fourth-order valence-electron chi connectivity index (χ4n) is 4.33. The first kappa shape index (κ1) is 18.2. The molecule has 0 radical (unpaired) electrons. The van der Waals surface area contributed by atoms with Crippen LogP contribution in [0.4, 0.5) is 15.8 Å². The predicted octanol–water partition coefficient (Wildman–Crippen LogP) is 4.15. The van der Waals surface area contributed by atoms with E-state index in [0.717, 1.165) is 49.1 Å². The number of aromatic amines is 1. The van der Waals surface area contributed by atoms with Crippen LogP contribution < -0.4 is 10.2 Å². The summed E-state index contributed by atoms with van der Waals surface area (Å²) in [7, 11) is 0. The first-order valence-corrected chi connectivity index (χ1v) is 10.3. The van der Waals surface area contributed by atoms with Crippen molar-refractivity contribution in [3.05, 3.63) is 59.5 Å². The molecule has 6 heteroatoms. The monoisotopic (exact) mass is 392 g/mol. The highest BCUT2D eigenvalue weighted by molar-refractivity contribution is 6.14. The van der Waals surface area contributed by atoms with E-state index in [4.69, 9.17) is 0 Å². The molecule has 1 saturated carbocycles. The SMILES string of the molecule is Cc1[nH]c2ccc(F)cc2c1C(=O)Nc1ccc(N2CCN(C3CC3)CC2)cc1. The fraction of sp³-hybridized carbons (Fsp3) is 0.348. The van der Waals surface area contributed by atoms with Crippen molar-refractivity contribution in [3.8, 4) is 0 Å². The van der Waals surface area contributed by atoms with E-state index in [1.54, 1.807) is 6.07 Å². The summed E-state index contributed by atoms with van der Waals surface area (Å²) in [4.78, 5) is 21.0. The molecule has 1 aromatic heterocycles. The Labute approximate surface area is 169 Å². The van der Waals surface area contributed by atoms with Gasteiger partial charge in [0.15, 0.2) is 0 Å². The van der Waals surface area contributed by atoms with Crippen molar-refractivity contribution < 1.29 is 9.18 Å². The van der Waals surface area contributed by atoms with Crippen molar-refractivity contribution in [2.24, 2.45) is 0 Å². The van der Waals surface area contributed by atoms with Gasteiger partial charge >= 0.3 is 0 Å². The number of hydrogen-bond donors (Lipinski definition) is 2. The molecule has 150 valence electrons. The number of halogens is 1. The van der Waals surface area contributed by atoms with E-state index in [1.165, 1.54) is 30.7 Å². The van der Waals surface area contributed by atoms with Gasteiger partial charge in [-0.25, -0.2) is 4.39 Å². The van der Waals surface area contributed by atoms with E-state index in [1.807, 2.05) is 19.1 Å². The summed E-state index contributed by atoms with van der Waals surface area (Å²) in [5, 5.41) is 3.55. The number of H-pyrrole nitrogens is 1. The zero-order valence-electron chi connectivity index (χ0n) is 16.5. The van der Waals surface area contributed by atoms with Gasteiger partial charge in [-0.1, -0.05) is 0 Å². The average molecular weight is 392 g/mol. The molecule has 1 saturated heterocycles. The van der Waals surface area contributed by atoms with E-state index >= 15 is 0 Å². The summed E-state index contributed by atoms with van der Waals surface area (Å²) in [5.41, 5.74) is 3.90. The highest BCUT2D eigenvalue weighted by atomic mass is 19.1. The maximum atomic E-state index is 13.7. The summed E-state index contributed by atoms with van der Waals surface area (Å²) in [6.07, 6.45) is 2.72. The lowest BCUT2D eigenvalue weighted by Gasteiger charge is -2.36. The third-order valence-corrected chi connectivity index (χ3v) is 6.04. The molecule has 0 atom stereocenters.